The molecule has 0 heterocycles. The summed E-state index contributed by atoms with van der Waals surface area (Å²) in [5.74, 6) is -0.0748. The maximum Gasteiger partial charge on any atom is 0.336 e. The predicted octanol–water partition coefficient (Wildman–Crippen LogP) is 4.20. The van der Waals surface area contributed by atoms with Gasteiger partial charge in [0.2, 0.25) is 10.0 Å². The summed E-state index contributed by atoms with van der Waals surface area (Å²) in [4.78, 5) is 12.4. The van der Waals surface area contributed by atoms with E-state index in [0.29, 0.717) is 22.8 Å². The van der Waals surface area contributed by atoms with Crippen LogP contribution >= 0.6 is 11.8 Å². The van der Waals surface area contributed by atoms with Crippen LogP contribution in [0.1, 0.15) is 46.8 Å². The molecule has 0 unspecified atom stereocenters. The minimum atomic E-state index is -3.75. The van der Waals surface area contributed by atoms with Crippen molar-refractivity contribution in [1.82, 2.24) is 4.72 Å². The number of hydrogen-bond donors (Lipinski definition) is 2. The van der Waals surface area contributed by atoms with Gasteiger partial charge in [-0.25, -0.2) is 17.9 Å². The molecule has 2 rings (SSSR count). The third-order valence-electron chi connectivity index (χ3n) is 4.39. The summed E-state index contributed by atoms with van der Waals surface area (Å²) >= 11 is 1.57. The van der Waals surface area contributed by atoms with Gasteiger partial charge in [-0.1, -0.05) is 26.0 Å². The smallest absolute Gasteiger partial charge is 0.336 e. The largest absolute Gasteiger partial charge is 0.478 e. The maximum atomic E-state index is 12.5. The molecule has 7 heteroatoms. The molecule has 27 heavy (non-hydrogen) atoms. The first-order chi connectivity index (χ1) is 12.6. The molecule has 5 nitrogen and oxygen atoms in total. The fourth-order valence-corrected chi connectivity index (χ4v) is 4.62. The first-order valence-corrected chi connectivity index (χ1v) is 11.2. The molecule has 0 aliphatic heterocycles. The second kappa shape index (κ2) is 8.91. The van der Waals surface area contributed by atoms with Crippen LogP contribution in [-0.2, 0) is 10.0 Å². The van der Waals surface area contributed by atoms with Crippen LogP contribution in [0.3, 0.4) is 0 Å². The summed E-state index contributed by atoms with van der Waals surface area (Å²) in [6.07, 6.45) is 0. The molecular formula is C20H25NO4S2. The van der Waals surface area contributed by atoms with Crippen LogP contribution in [0.4, 0.5) is 0 Å². The molecular weight excluding hydrogens is 382 g/mol. The third kappa shape index (κ3) is 5.57. The molecule has 0 aromatic heterocycles. The Bertz CT molecular complexity index is 920. The van der Waals surface area contributed by atoms with Gasteiger partial charge in [0, 0.05) is 17.2 Å². The number of rotatable bonds is 8. The lowest BCUT2D eigenvalue weighted by Crippen LogP contribution is -2.26. The molecule has 0 saturated heterocycles. The van der Waals surface area contributed by atoms with E-state index in [4.69, 9.17) is 0 Å². The van der Waals surface area contributed by atoms with E-state index < -0.39 is 16.0 Å². The Morgan fingerprint density at radius 3 is 2.33 bits per heavy atom. The van der Waals surface area contributed by atoms with Gasteiger partial charge in [-0.2, -0.15) is 0 Å². The van der Waals surface area contributed by atoms with Gasteiger partial charge < -0.3 is 5.11 Å². The van der Waals surface area contributed by atoms with Crippen molar-refractivity contribution in [3.8, 4) is 0 Å². The third-order valence-corrected chi connectivity index (χ3v) is 6.85. The zero-order valence-electron chi connectivity index (χ0n) is 15.9. The first kappa shape index (κ1) is 21.5. The van der Waals surface area contributed by atoms with E-state index in [1.165, 1.54) is 17.7 Å². The Morgan fingerprint density at radius 2 is 1.78 bits per heavy atom. The summed E-state index contributed by atoms with van der Waals surface area (Å²) in [7, 11) is -3.75. The van der Waals surface area contributed by atoms with Crippen LogP contribution in [0.25, 0.3) is 0 Å². The molecule has 2 N–H and O–H groups in total. The van der Waals surface area contributed by atoms with Crippen molar-refractivity contribution in [3.05, 3.63) is 58.7 Å². The second-order valence-corrected chi connectivity index (χ2v) is 9.62. The molecule has 0 spiro atoms. The van der Waals surface area contributed by atoms with E-state index in [2.05, 4.69) is 30.7 Å². The maximum absolute atomic E-state index is 12.5. The van der Waals surface area contributed by atoms with Crippen molar-refractivity contribution >= 4 is 27.8 Å². The van der Waals surface area contributed by atoms with Crippen LogP contribution in [0.15, 0.2) is 46.2 Å². The Hall–Kier alpha value is -1.83. The number of carbonyl (C=O) groups is 1. The number of thioether (sulfide) groups is 1. The van der Waals surface area contributed by atoms with E-state index in [9.17, 15) is 18.3 Å². The van der Waals surface area contributed by atoms with Gasteiger partial charge in [0.1, 0.15) is 0 Å². The van der Waals surface area contributed by atoms with Crippen LogP contribution in [-0.4, -0.2) is 31.8 Å². The number of sulfonamides is 1. The molecule has 2 aromatic rings. The molecule has 0 saturated carbocycles. The number of hydrogen-bond acceptors (Lipinski definition) is 4. The minimum Gasteiger partial charge on any atom is -0.478 e. The van der Waals surface area contributed by atoms with E-state index in [1.54, 1.807) is 25.6 Å². The van der Waals surface area contributed by atoms with Crippen molar-refractivity contribution in [2.24, 2.45) is 0 Å². The number of carboxylic acid groups (broad SMARTS) is 1. The number of nitrogens with one attached hydrogen (secondary N) is 1. The Kier molecular flexibility index (Phi) is 7.08. The highest BCUT2D eigenvalue weighted by Crippen LogP contribution is 2.22. The number of benzene rings is 2. The van der Waals surface area contributed by atoms with Crippen LogP contribution < -0.4 is 4.72 Å². The lowest BCUT2D eigenvalue weighted by molar-refractivity contribution is 0.0695. The van der Waals surface area contributed by atoms with E-state index in [0.717, 1.165) is 4.90 Å². The molecule has 146 valence electrons. The van der Waals surface area contributed by atoms with Crippen LogP contribution in [0.5, 0.6) is 0 Å². The molecule has 2 aromatic carbocycles. The predicted molar refractivity (Wildman–Crippen MR) is 109 cm³/mol. The summed E-state index contributed by atoms with van der Waals surface area (Å²) in [6.45, 7) is 7.91. The van der Waals surface area contributed by atoms with Crippen LogP contribution in [0, 0.1) is 13.8 Å². The summed E-state index contributed by atoms with van der Waals surface area (Å²) in [5.41, 5.74) is 2.48. The van der Waals surface area contributed by atoms with Gasteiger partial charge in [-0.15, -0.1) is 11.8 Å². The molecule has 0 aliphatic carbocycles. The highest BCUT2D eigenvalue weighted by Gasteiger charge is 2.19. The Morgan fingerprint density at radius 1 is 1.15 bits per heavy atom. The standard InChI is InChI=1S/C20H25NO4S2/c1-13(2)16-5-7-17(8-6-16)26-10-9-21-27(24,25)18-11-14(3)15(4)19(12-18)20(22)23/h5-8,11-13,21H,9-10H2,1-4H3,(H,22,23). The SMILES string of the molecule is Cc1cc(S(=O)(=O)NCCSc2ccc(C(C)C)cc2)cc(C(=O)O)c1C. The fourth-order valence-electron chi connectivity index (χ4n) is 2.58. The minimum absolute atomic E-state index is 0.00925. The van der Waals surface area contributed by atoms with Gasteiger partial charge in [0.05, 0.1) is 10.5 Å². The molecule has 0 atom stereocenters. The highest BCUT2D eigenvalue weighted by atomic mass is 32.2. The average Bonchev–Trinajstić information content (AvgIpc) is 2.61. The Balaban J connectivity index is 2.00. The quantitative estimate of drug-likeness (QED) is 0.506. The normalized spacial score (nSPS) is 11.7. The molecule has 0 radical (unpaired) electrons. The summed E-state index contributed by atoms with van der Waals surface area (Å²) < 4.78 is 27.5. The van der Waals surface area contributed by atoms with E-state index >= 15 is 0 Å². The Labute approximate surface area is 165 Å². The van der Waals surface area contributed by atoms with Gasteiger partial charge in [0.25, 0.3) is 0 Å². The monoisotopic (exact) mass is 407 g/mol. The van der Waals surface area contributed by atoms with Gasteiger partial charge >= 0.3 is 5.97 Å². The van der Waals surface area contributed by atoms with Crippen molar-refractivity contribution in [3.63, 3.8) is 0 Å². The lowest BCUT2D eigenvalue weighted by Gasteiger charge is -2.11. The number of aromatic carboxylic acids is 1. The van der Waals surface area contributed by atoms with Crippen molar-refractivity contribution in [2.45, 2.75) is 43.4 Å². The fraction of sp³-hybridized carbons (Fsp3) is 0.350. The van der Waals surface area contributed by atoms with Crippen molar-refractivity contribution in [1.29, 1.82) is 0 Å². The zero-order chi connectivity index (χ0) is 20.2. The van der Waals surface area contributed by atoms with E-state index in [1.807, 2.05) is 12.1 Å². The molecule has 0 amide bonds. The summed E-state index contributed by atoms with van der Waals surface area (Å²) in [5, 5.41) is 9.26. The zero-order valence-corrected chi connectivity index (χ0v) is 17.6. The number of carboxylic acids is 1. The van der Waals surface area contributed by atoms with Crippen molar-refractivity contribution in [2.75, 3.05) is 12.3 Å². The molecule has 0 fully saturated rings. The highest BCUT2D eigenvalue weighted by molar-refractivity contribution is 7.99. The van der Waals surface area contributed by atoms with Crippen molar-refractivity contribution < 1.29 is 18.3 Å². The topological polar surface area (TPSA) is 83.5 Å². The van der Waals surface area contributed by atoms with Gasteiger partial charge in [-0.05, 0) is 60.7 Å². The summed E-state index contributed by atoms with van der Waals surface area (Å²) in [6, 6.07) is 11.0. The molecule has 0 bridgehead atoms. The van der Waals surface area contributed by atoms with E-state index in [-0.39, 0.29) is 17.0 Å². The lowest BCUT2D eigenvalue weighted by atomic mass is 10.0. The molecule has 0 aliphatic rings. The second-order valence-electron chi connectivity index (χ2n) is 6.69. The van der Waals surface area contributed by atoms with Crippen LogP contribution in [0.2, 0.25) is 0 Å². The first-order valence-electron chi connectivity index (χ1n) is 8.69. The number of aryl methyl sites for hydroxylation is 1. The van der Waals surface area contributed by atoms with Gasteiger partial charge in [-0.3, -0.25) is 0 Å². The van der Waals surface area contributed by atoms with Gasteiger partial charge in [0.15, 0.2) is 0 Å². The average molecular weight is 408 g/mol.